The fourth-order valence-corrected chi connectivity index (χ4v) is 2.99. The molecule has 0 saturated carbocycles. The first-order valence-corrected chi connectivity index (χ1v) is 9.53. The molecule has 30 heavy (non-hydrogen) atoms. The molecule has 2 aromatic heterocycles. The van der Waals surface area contributed by atoms with Crippen molar-refractivity contribution in [2.75, 3.05) is 11.9 Å². The maximum Gasteiger partial charge on any atom is 0.274 e. The Morgan fingerprint density at radius 3 is 2.97 bits per heavy atom. The third-order valence-corrected chi connectivity index (χ3v) is 4.56. The van der Waals surface area contributed by atoms with Crippen molar-refractivity contribution in [1.82, 2.24) is 15.5 Å². The van der Waals surface area contributed by atoms with E-state index in [9.17, 15) is 9.59 Å². The van der Waals surface area contributed by atoms with Crippen molar-refractivity contribution >= 4 is 17.6 Å². The Hall–Kier alpha value is -3.68. The molecule has 0 bridgehead atoms. The number of nitrogens with one attached hydrogen (secondary N) is 1. The van der Waals surface area contributed by atoms with Crippen molar-refractivity contribution in [1.29, 1.82) is 0 Å². The van der Waals surface area contributed by atoms with Crippen molar-refractivity contribution in [3.8, 4) is 5.75 Å². The van der Waals surface area contributed by atoms with Gasteiger partial charge in [0.2, 0.25) is 0 Å². The summed E-state index contributed by atoms with van der Waals surface area (Å²) in [7, 11) is 1.59. The van der Waals surface area contributed by atoms with E-state index in [2.05, 4.69) is 22.0 Å². The fourth-order valence-electron chi connectivity index (χ4n) is 2.99. The molecule has 2 amide bonds. The predicted molar refractivity (Wildman–Crippen MR) is 112 cm³/mol. The van der Waals surface area contributed by atoms with Crippen molar-refractivity contribution in [3.63, 3.8) is 0 Å². The summed E-state index contributed by atoms with van der Waals surface area (Å²) in [6.45, 7) is 7.59. The highest BCUT2D eigenvalue weighted by molar-refractivity contribution is 6.02. The van der Waals surface area contributed by atoms with E-state index in [0.29, 0.717) is 23.7 Å². The Kier molecular flexibility index (Phi) is 6.46. The van der Waals surface area contributed by atoms with Crippen LogP contribution in [-0.2, 0) is 11.2 Å². The number of likely N-dealkylation sites (N-methyl/N-ethyl adjacent to an activating group) is 1. The van der Waals surface area contributed by atoms with Gasteiger partial charge in [0.1, 0.15) is 17.9 Å². The highest BCUT2D eigenvalue weighted by Crippen LogP contribution is 2.29. The van der Waals surface area contributed by atoms with Gasteiger partial charge in [-0.3, -0.25) is 14.5 Å². The first-order chi connectivity index (χ1) is 14.4. The fraction of sp³-hybridized carbons (Fsp3) is 0.273. The average Bonchev–Trinajstić information content (AvgIpc) is 3.16. The third-order valence-electron chi connectivity index (χ3n) is 4.56. The van der Waals surface area contributed by atoms with E-state index >= 15 is 0 Å². The van der Waals surface area contributed by atoms with Gasteiger partial charge in [0.05, 0.1) is 0 Å². The van der Waals surface area contributed by atoms with Crippen LogP contribution < -0.4 is 15.0 Å². The van der Waals surface area contributed by atoms with Crippen LogP contribution in [0, 0.1) is 0 Å². The monoisotopic (exact) mass is 408 g/mol. The molecule has 2 aromatic rings. The summed E-state index contributed by atoms with van der Waals surface area (Å²) in [5, 5.41) is 6.52. The van der Waals surface area contributed by atoms with Crippen LogP contribution in [0.2, 0.25) is 0 Å². The van der Waals surface area contributed by atoms with Crippen LogP contribution in [0.25, 0.3) is 0 Å². The Morgan fingerprint density at radius 2 is 2.20 bits per heavy atom. The molecule has 3 heterocycles. The van der Waals surface area contributed by atoms with Gasteiger partial charge in [-0.25, -0.2) is 4.98 Å². The number of ether oxygens (including phenoxy) is 1. The van der Waals surface area contributed by atoms with Gasteiger partial charge >= 0.3 is 0 Å². The zero-order valence-electron chi connectivity index (χ0n) is 17.2. The van der Waals surface area contributed by atoms with E-state index in [-0.39, 0.29) is 11.6 Å². The molecular weight excluding hydrogens is 384 g/mol. The number of carbonyl (C=O) groups is 2. The normalized spacial score (nSPS) is 18.9. The zero-order valence-corrected chi connectivity index (χ0v) is 17.2. The van der Waals surface area contributed by atoms with Crippen molar-refractivity contribution in [3.05, 3.63) is 72.3 Å². The van der Waals surface area contributed by atoms with Gasteiger partial charge in [-0.2, -0.15) is 0 Å². The predicted octanol–water partition coefficient (Wildman–Crippen LogP) is 2.84. The minimum Gasteiger partial charge on any atom is -0.484 e. The number of carbonyl (C=O) groups excluding carboxylic acids is 2. The Balaban J connectivity index is 1.69. The molecule has 0 aliphatic carbocycles. The van der Waals surface area contributed by atoms with Gasteiger partial charge in [0.15, 0.2) is 17.3 Å². The lowest BCUT2D eigenvalue weighted by Crippen LogP contribution is -2.53. The number of hydrogen-bond acceptors (Lipinski definition) is 6. The van der Waals surface area contributed by atoms with Gasteiger partial charge in [-0.15, -0.1) is 0 Å². The van der Waals surface area contributed by atoms with Gasteiger partial charge in [0.25, 0.3) is 11.8 Å². The molecular formula is C22H24N4O4. The van der Waals surface area contributed by atoms with E-state index in [0.717, 1.165) is 5.57 Å². The summed E-state index contributed by atoms with van der Waals surface area (Å²) in [5.74, 6) is 0.520. The molecule has 0 unspecified atom stereocenters. The van der Waals surface area contributed by atoms with Crippen LogP contribution in [0.3, 0.4) is 0 Å². The van der Waals surface area contributed by atoms with E-state index in [1.807, 2.05) is 31.2 Å². The minimum absolute atomic E-state index is 0.0813. The number of allylic oxidation sites excluding steroid dienone is 5. The van der Waals surface area contributed by atoms with Crippen LogP contribution in [-0.4, -0.2) is 41.1 Å². The highest BCUT2D eigenvalue weighted by atomic mass is 16.5. The van der Waals surface area contributed by atoms with Gasteiger partial charge in [0, 0.05) is 25.7 Å². The average molecular weight is 408 g/mol. The summed E-state index contributed by atoms with van der Waals surface area (Å²) in [4.78, 5) is 31.1. The highest BCUT2D eigenvalue weighted by Gasteiger charge is 2.36. The Morgan fingerprint density at radius 1 is 1.40 bits per heavy atom. The van der Waals surface area contributed by atoms with Crippen LogP contribution in [0.5, 0.6) is 5.75 Å². The molecule has 156 valence electrons. The molecule has 0 saturated heterocycles. The smallest absolute Gasteiger partial charge is 0.274 e. The number of anilines is 1. The van der Waals surface area contributed by atoms with E-state index in [4.69, 9.17) is 9.26 Å². The van der Waals surface area contributed by atoms with Crippen LogP contribution in [0.4, 0.5) is 5.82 Å². The maximum absolute atomic E-state index is 12.9. The lowest BCUT2D eigenvalue weighted by molar-refractivity contribution is -0.121. The first kappa shape index (κ1) is 21.0. The number of aromatic nitrogens is 2. The molecule has 8 nitrogen and oxygen atoms in total. The summed E-state index contributed by atoms with van der Waals surface area (Å²) in [6.07, 6.45) is 8.92. The second-order valence-electron chi connectivity index (χ2n) is 6.89. The van der Waals surface area contributed by atoms with Gasteiger partial charge in [-0.1, -0.05) is 36.0 Å². The first-order valence-electron chi connectivity index (χ1n) is 9.53. The molecule has 8 heteroatoms. The molecule has 0 fully saturated rings. The summed E-state index contributed by atoms with van der Waals surface area (Å²) >= 11 is 0. The van der Waals surface area contributed by atoms with Gasteiger partial charge < -0.3 is 14.6 Å². The minimum atomic E-state index is -0.907. The van der Waals surface area contributed by atoms with Crippen molar-refractivity contribution < 1.29 is 18.8 Å². The van der Waals surface area contributed by atoms with Crippen LogP contribution in [0.15, 0.2) is 65.4 Å². The second-order valence-corrected chi connectivity index (χ2v) is 6.89. The number of pyridine rings is 1. The number of fused-ring (bicyclic) bond motifs is 1. The number of rotatable bonds is 6. The largest absolute Gasteiger partial charge is 0.484 e. The lowest BCUT2D eigenvalue weighted by atomic mass is 10.1. The molecule has 3 rings (SSSR count). The number of nitrogens with zero attached hydrogens (tertiary/aromatic N) is 3. The lowest BCUT2D eigenvalue weighted by Gasteiger charge is -2.22. The summed E-state index contributed by atoms with van der Waals surface area (Å²) in [5.41, 5.74) is 0.891. The Bertz CT molecular complexity index is 1010. The molecule has 1 aliphatic heterocycles. The molecule has 0 radical (unpaired) electrons. The molecule has 2 atom stereocenters. The molecule has 0 aromatic carbocycles. The third kappa shape index (κ3) is 4.65. The second kappa shape index (κ2) is 9.21. The topological polar surface area (TPSA) is 97.6 Å². The van der Waals surface area contributed by atoms with E-state index in [1.165, 1.54) is 11.0 Å². The number of amides is 2. The van der Waals surface area contributed by atoms with Crippen molar-refractivity contribution in [2.24, 2.45) is 0 Å². The quantitative estimate of drug-likeness (QED) is 0.738. The molecule has 0 spiro atoms. The standard InChI is InChI=1S/C22H24N4O4/c1-5-6-7-9-14(2)12-16-13-17(25-30-16)21(27)24-19-15(3)29-18-10-8-11-23-20(18)26(4)22(19)28/h5-11,13,15,19H,2,12H2,1,3-4H3,(H,24,27)/b6-5-,9-7-/t15-,19+/m1/s1. The van der Waals surface area contributed by atoms with Gasteiger partial charge in [-0.05, 0) is 31.6 Å². The summed E-state index contributed by atoms with van der Waals surface area (Å²) < 4.78 is 11.1. The number of hydrogen-bond donors (Lipinski definition) is 1. The maximum atomic E-state index is 12.9. The van der Waals surface area contributed by atoms with E-state index < -0.39 is 18.1 Å². The SMILES string of the molecule is C=C(/C=C\C=C/C)Cc1cc(C(=O)N[C@@H]2C(=O)N(C)c3ncccc3O[C@@H]2C)no1. The zero-order chi connectivity index (χ0) is 21.7. The summed E-state index contributed by atoms with van der Waals surface area (Å²) in [6, 6.07) is 4.09. The van der Waals surface area contributed by atoms with E-state index in [1.54, 1.807) is 32.3 Å². The molecule has 1 N–H and O–H groups in total. The van der Waals surface area contributed by atoms with Crippen LogP contribution in [0.1, 0.15) is 30.1 Å². The van der Waals surface area contributed by atoms with Crippen LogP contribution >= 0.6 is 0 Å². The van der Waals surface area contributed by atoms with Crippen molar-refractivity contribution in [2.45, 2.75) is 32.4 Å². The Labute approximate surface area is 174 Å². The molecule has 1 aliphatic rings.